The van der Waals surface area contributed by atoms with Crippen molar-refractivity contribution >= 4 is 16.0 Å². The van der Waals surface area contributed by atoms with Gasteiger partial charge in [-0.1, -0.05) is 0 Å². The number of nitrogens with one attached hydrogen (secondary N) is 1. The zero-order valence-corrected chi connectivity index (χ0v) is 8.16. The van der Waals surface area contributed by atoms with Crippen LogP contribution in [0.4, 0.5) is 22.0 Å². The summed E-state index contributed by atoms with van der Waals surface area (Å²) in [7, 11) is -6.02. The molecule has 0 heterocycles. The maximum Gasteiger partial charge on any atom is 0.423 e. The molecule has 0 fully saturated rings. The van der Waals surface area contributed by atoms with Crippen molar-refractivity contribution in [1.82, 2.24) is 4.72 Å². The number of carbonyl (C=O) groups is 1. The predicted octanol–water partition coefficient (Wildman–Crippen LogP) is -1.15. The number of carbonyl (C=O) groups excluding carboxylic acids is 1. The van der Waals surface area contributed by atoms with E-state index in [0.717, 1.165) is 0 Å². The van der Waals surface area contributed by atoms with Gasteiger partial charge in [-0.25, -0.2) is 17.5 Å². The molecule has 0 amide bonds. The minimum Gasteiger partial charge on any atom is -0.549 e. The molecule has 5 nitrogen and oxygen atoms in total. The van der Waals surface area contributed by atoms with E-state index in [0.29, 0.717) is 4.72 Å². The zero-order valence-electron chi connectivity index (χ0n) is 7.35. The average Bonchev–Trinajstić information content (AvgIpc) is 2.14. The van der Waals surface area contributed by atoms with Crippen LogP contribution >= 0.6 is 0 Å². The number of hydrogen-bond donors (Lipinski definition) is 1. The monoisotopic (exact) mass is 270 g/mol. The van der Waals surface area contributed by atoms with Crippen molar-refractivity contribution in [3.8, 4) is 0 Å². The smallest absolute Gasteiger partial charge is 0.423 e. The van der Waals surface area contributed by atoms with Gasteiger partial charge in [0, 0.05) is 0 Å². The fraction of sp³-hybridized carbons (Fsp3) is 0.800. The molecule has 1 N–H and O–H groups in total. The first-order valence-corrected chi connectivity index (χ1v) is 4.97. The normalized spacial score (nSPS) is 13.8. The Morgan fingerprint density at radius 1 is 1.25 bits per heavy atom. The van der Waals surface area contributed by atoms with Crippen LogP contribution in [0.15, 0.2) is 0 Å². The fourth-order valence-corrected chi connectivity index (χ4v) is 1.46. The van der Waals surface area contributed by atoms with E-state index in [2.05, 4.69) is 0 Å². The maximum absolute atomic E-state index is 12.6. The van der Waals surface area contributed by atoms with Gasteiger partial charge in [0.1, 0.15) is 0 Å². The highest BCUT2D eigenvalue weighted by Crippen LogP contribution is 2.38. The Hall–Kier alpha value is -0.970. The molecule has 11 heteroatoms. The van der Waals surface area contributed by atoms with Crippen LogP contribution in [0, 0.1) is 0 Å². The fourth-order valence-electron chi connectivity index (χ4n) is 0.519. The second kappa shape index (κ2) is 4.49. The lowest BCUT2D eigenvalue weighted by molar-refractivity contribution is -0.303. The highest BCUT2D eigenvalue weighted by atomic mass is 32.2. The summed E-state index contributed by atoms with van der Waals surface area (Å²) in [5.41, 5.74) is 0. The predicted molar refractivity (Wildman–Crippen MR) is 37.8 cm³/mol. The zero-order chi connectivity index (χ0) is 13.2. The molecule has 0 aromatic heterocycles. The van der Waals surface area contributed by atoms with Gasteiger partial charge in [0.05, 0.1) is 12.5 Å². The van der Waals surface area contributed by atoms with Gasteiger partial charge >= 0.3 is 11.2 Å². The summed E-state index contributed by atoms with van der Waals surface area (Å²) in [5, 5.41) is 3.99. The van der Waals surface area contributed by atoms with E-state index in [1.807, 2.05) is 0 Å². The van der Waals surface area contributed by atoms with Crippen molar-refractivity contribution in [3.05, 3.63) is 0 Å². The number of carboxylic acid groups (broad SMARTS) is 1. The molecule has 0 spiro atoms. The summed E-state index contributed by atoms with van der Waals surface area (Å²) >= 11 is 0. The van der Waals surface area contributed by atoms with Crippen molar-refractivity contribution < 1.29 is 40.3 Å². The van der Waals surface area contributed by atoms with E-state index in [-0.39, 0.29) is 0 Å². The minimum atomic E-state index is -6.02. The van der Waals surface area contributed by atoms with Crippen LogP contribution in [-0.2, 0) is 14.8 Å². The highest BCUT2D eigenvalue weighted by Gasteiger charge is 2.65. The first-order chi connectivity index (χ1) is 6.98. The van der Waals surface area contributed by atoms with E-state index >= 15 is 0 Å². The molecule has 0 unspecified atom stereocenters. The average molecular weight is 270 g/mol. The van der Waals surface area contributed by atoms with Crippen LogP contribution in [0.1, 0.15) is 0 Å². The van der Waals surface area contributed by atoms with Gasteiger partial charge in [-0.2, -0.15) is 17.6 Å². The Balaban J connectivity index is 5.07. The lowest BCUT2D eigenvalue weighted by Crippen LogP contribution is -2.54. The third-order valence-corrected chi connectivity index (χ3v) is 2.84. The summed E-state index contributed by atoms with van der Waals surface area (Å²) < 4.78 is 83.0. The van der Waals surface area contributed by atoms with E-state index in [1.54, 1.807) is 0 Å². The summed E-state index contributed by atoms with van der Waals surface area (Å²) in [6.45, 7) is -4.54. The van der Waals surface area contributed by atoms with Crippen LogP contribution < -0.4 is 9.83 Å². The van der Waals surface area contributed by atoms with Gasteiger partial charge in [-0.05, 0) is 0 Å². The molecule has 0 atom stereocenters. The first-order valence-electron chi connectivity index (χ1n) is 3.48. The van der Waals surface area contributed by atoms with Crippen LogP contribution in [0.2, 0.25) is 0 Å². The standard InChI is InChI=1S/C5H6F5NO4S/c6-2-4(7,8)5(9,10)16(14,15)11-1-3(12)13/h11H,1-2H2,(H,12,13)/p-1. The summed E-state index contributed by atoms with van der Waals surface area (Å²) in [5.74, 6) is -7.56. The van der Waals surface area contributed by atoms with E-state index in [1.165, 1.54) is 0 Å². The largest absolute Gasteiger partial charge is 0.549 e. The Morgan fingerprint density at radius 3 is 2.00 bits per heavy atom. The molecular weight excluding hydrogens is 265 g/mol. The molecule has 0 saturated carbocycles. The van der Waals surface area contributed by atoms with Crippen LogP contribution in [0.5, 0.6) is 0 Å². The Morgan fingerprint density at radius 2 is 1.69 bits per heavy atom. The molecule has 0 saturated heterocycles. The van der Waals surface area contributed by atoms with Crippen molar-refractivity contribution in [2.75, 3.05) is 13.2 Å². The summed E-state index contributed by atoms with van der Waals surface area (Å²) in [6.07, 6.45) is 0. The summed E-state index contributed by atoms with van der Waals surface area (Å²) in [4.78, 5) is 9.75. The van der Waals surface area contributed by atoms with Gasteiger partial charge in [0.25, 0.3) is 10.0 Å². The lowest BCUT2D eigenvalue weighted by Gasteiger charge is -2.23. The van der Waals surface area contributed by atoms with Crippen molar-refractivity contribution in [2.24, 2.45) is 0 Å². The number of aliphatic carboxylic acids is 1. The molecule has 0 rings (SSSR count). The molecule has 96 valence electrons. The molecular formula is C5H5F5NO4S-. The minimum absolute atomic E-state index is 0.653. The second-order valence-electron chi connectivity index (χ2n) is 2.55. The van der Waals surface area contributed by atoms with Crippen molar-refractivity contribution in [2.45, 2.75) is 11.2 Å². The van der Waals surface area contributed by atoms with Gasteiger partial charge in [-0.15, -0.1) is 0 Å². The molecule has 0 aliphatic heterocycles. The SMILES string of the molecule is O=C([O-])CNS(=O)(=O)C(F)(F)C(F)(F)CF. The van der Waals surface area contributed by atoms with Crippen molar-refractivity contribution in [1.29, 1.82) is 0 Å². The van der Waals surface area contributed by atoms with Gasteiger partial charge in [0.2, 0.25) is 0 Å². The molecule has 0 aromatic rings. The number of sulfonamides is 1. The van der Waals surface area contributed by atoms with Gasteiger partial charge in [-0.3, -0.25) is 0 Å². The molecule has 0 aliphatic rings. The van der Waals surface area contributed by atoms with E-state index < -0.39 is 40.4 Å². The maximum atomic E-state index is 12.6. The Labute approximate surface area is 86.3 Å². The molecule has 0 bridgehead atoms. The van der Waals surface area contributed by atoms with Gasteiger partial charge < -0.3 is 9.90 Å². The summed E-state index contributed by atoms with van der Waals surface area (Å²) in [6, 6.07) is 0. The van der Waals surface area contributed by atoms with Crippen LogP contribution in [-0.4, -0.2) is 38.8 Å². The lowest BCUT2D eigenvalue weighted by atomic mass is 10.4. The third-order valence-electron chi connectivity index (χ3n) is 1.34. The number of carboxylic acids is 1. The molecule has 0 aliphatic carbocycles. The quantitative estimate of drug-likeness (QED) is 0.618. The van der Waals surface area contributed by atoms with E-state index in [9.17, 15) is 40.3 Å². The first kappa shape index (κ1) is 15.0. The number of rotatable bonds is 6. The number of alkyl halides is 5. The number of hydrogen-bond acceptors (Lipinski definition) is 4. The topological polar surface area (TPSA) is 86.3 Å². The van der Waals surface area contributed by atoms with Crippen LogP contribution in [0.3, 0.4) is 0 Å². The van der Waals surface area contributed by atoms with E-state index in [4.69, 9.17) is 0 Å². The Kier molecular flexibility index (Phi) is 4.22. The van der Waals surface area contributed by atoms with Crippen molar-refractivity contribution in [3.63, 3.8) is 0 Å². The van der Waals surface area contributed by atoms with Crippen LogP contribution in [0.25, 0.3) is 0 Å². The number of halogens is 5. The van der Waals surface area contributed by atoms with Gasteiger partial charge in [0.15, 0.2) is 6.67 Å². The third kappa shape index (κ3) is 2.78. The molecule has 16 heavy (non-hydrogen) atoms. The highest BCUT2D eigenvalue weighted by molar-refractivity contribution is 7.90. The molecule has 0 aromatic carbocycles. The Bertz CT molecular complexity index is 367. The molecule has 0 radical (unpaired) electrons. The second-order valence-corrected chi connectivity index (χ2v) is 4.36.